The number of pyridine rings is 1. The van der Waals surface area contributed by atoms with Gasteiger partial charge in [-0.2, -0.15) is 0 Å². The van der Waals surface area contributed by atoms with E-state index in [-0.39, 0.29) is 18.3 Å². The van der Waals surface area contributed by atoms with Crippen molar-refractivity contribution in [1.82, 2.24) is 10.3 Å². The Morgan fingerprint density at radius 3 is 2.46 bits per heavy atom. The summed E-state index contributed by atoms with van der Waals surface area (Å²) in [6.07, 6.45) is 1.81. The quantitative estimate of drug-likeness (QED) is 0.298. The van der Waals surface area contributed by atoms with E-state index < -0.39 is 11.6 Å². The molecule has 1 saturated carbocycles. The molecule has 0 aliphatic heterocycles. The molecule has 1 aromatic heterocycles. The molecule has 1 heterocycles. The Kier molecular flexibility index (Phi) is 11.5. The van der Waals surface area contributed by atoms with Gasteiger partial charge in [0.25, 0.3) is 5.91 Å². The largest absolute Gasteiger partial charge is 0.497 e. The van der Waals surface area contributed by atoms with Gasteiger partial charge in [0.2, 0.25) is 0 Å². The molecular formula is C25H36F2N4O3S. The molecule has 7 nitrogen and oxygen atoms in total. The van der Waals surface area contributed by atoms with Gasteiger partial charge in [-0.15, -0.1) is 0 Å². The number of nitrogens with one attached hydrogen (secondary N) is 2. The monoisotopic (exact) mass is 510 g/mol. The van der Waals surface area contributed by atoms with Gasteiger partial charge in [-0.1, -0.05) is 20.8 Å². The van der Waals surface area contributed by atoms with Crippen molar-refractivity contribution in [3.63, 3.8) is 0 Å². The molecule has 0 spiro atoms. The van der Waals surface area contributed by atoms with Crippen LogP contribution in [0.4, 0.5) is 20.4 Å². The standard InChI is InChI=1S/C18H30N4O2S.C7H6F2O/c1-12(2)25-22(4)17-10-14(18(24)19-6-5-7-23)9-16(21-17)20-11-15-8-13(15)3;1-10-7-3-5(8)2-6(9)4-7/h9-10,12-13,15,23H,5-8,11H2,1-4H3,(H,19,24)(H,20,21);2-4H,1H3/t13-,15+;/m0./s1. The Hall–Kier alpha value is -2.59. The molecular weight excluding hydrogens is 474 g/mol. The number of ether oxygens (including phenoxy) is 1. The maximum atomic E-state index is 12.4. The molecule has 1 fully saturated rings. The fourth-order valence-corrected chi connectivity index (χ4v) is 4.05. The zero-order valence-electron chi connectivity index (χ0n) is 21.0. The van der Waals surface area contributed by atoms with Crippen LogP contribution in [-0.4, -0.2) is 55.1 Å². The van der Waals surface area contributed by atoms with Crippen molar-refractivity contribution in [2.45, 2.75) is 38.9 Å². The first-order valence-electron chi connectivity index (χ1n) is 11.7. The van der Waals surface area contributed by atoms with E-state index >= 15 is 0 Å². The average Bonchev–Trinajstić information content (AvgIpc) is 3.51. The lowest BCUT2D eigenvalue weighted by Gasteiger charge is -2.20. The minimum absolute atomic E-state index is 0.0714. The summed E-state index contributed by atoms with van der Waals surface area (Å²) >= 11 is 1.67. The molecule has 1 aromatic carbocycles. The summed E-state index contributed by atoms with van der Waals surface area (Å²) < 4.78 is 31.2. The number of amides is 1. The van der Waals surface area contributed by atoms with E-state index in [0.29, 0.717) is 29.7 Å². The summed E-state index contributed by atoms with van der Waals surface area (Å²) in [5, 5.41) is 15.5. The summed E-state index contributed by atoms with van der Waals surface area (Å²) in [7, 11) is 3.32. The molecule has 3 rings (SSSR count). The Bertz CT molecular complexity index is 944. The Morgan fingerprint density at radius 1 is 1.26 bits per heavy atom. The topological polar surface area (TPSA) is 86.7 Å². The van der Waals surface area contributed by atoms with Crippen molar-refractivity contribution >= 4 is 29.5 Å². The molecule has 1 amide bonds. The minimum Gasteiger partial charge on any atom is -0.497 e. The molecule has 0 unspecified atom stereocenters. The van der Waals surface area contributed by atoms with E-state index in [2.05, 4.69) is 41.1 Å². The van der Waals surface area contributed by atoms with E-state index in [1.54, 1.807) is 18.0 Å². The molecule has 0 saturated heterocycles. The third-order valence-electron chi connectivity index (χ3n) is 5.28. The maximum absolute atomic E-state index is 12.4. The van der Waals surface area contributed by atoms with Crippen molar-refractivity contribution in [3.8, 4) is 5.75 Å². The Labute approximate surface area is 210 Å². The number of benzene rings is 1. The fourth-order valence-electron chi connectivity index (χ4n) is 3.22. The number of methoxy groups -OCH3 is 1. The fraction of sp³-hybridized carbons (Fsp3) is 0.520. The van der Waals surface area contributed by atoms with E-state index in [4.69, 9.17) is 5.11 Å². The van der Waals surface area contributed by atoms with Crippen molar-refractivity contribution in [3.05, 3.63) is 47.5 Å². The van der Waals surface area contributed by atoms with Crippen molar-refractivity contribution < 1.29 is 23.4 Å². The molecule has 0 bridgehead atoms. The van der Waals surface area contributed by atoms with Gasteiger partial charge in [-0.05, 0) is 48.8 Å². The van der Waals surface area contributed by atoms with Crippen LogP contribution < -0.4 is 19.7 Å². The first-order valence-corrected chi connectivity index (χ1v) is 12.5. The van der Waals surface area contributed by atoms with Crippen LogP contribution in [0.15, 0.2) is 30.3 Å². The zero-order chi connectivity index (χ0) is 26.0. The molecule has 1 aliphatic rings. The van der Waals surface area contributed by atoms with Gasteiger partial charge < -0.3 is 24.8 Å². The SMILES string of the molecule is CC(C)SN(C)c1cc(C(=O)NCCCO)cc(NC[C@H]2C[C@@H]2C)n1.COc1cc(F)cc(F)c1. The number of carbonyl (C=O) groups excluding carboxylic acids is 1. The lowest BCUT2D eigenvalue weighted by Crippen LogP contribution is -2.26. The third kappa shape index (κ3) is 10.3. The lowest BCUT2D eigenvalue weighted by molar-refractivity contribution is 0.0951. The van der Waals surface area contributed by atoms with Gasteiger partial charge in [-0.25, -0.2) is 13.8 Å². The van der Waals surface area contributed by atoms with Crippen LogP contribution in [0, 0.1) is 23.5 Å². The highest BCUT2D eigenvalue weighted by Crippen LogP contribution is 2.37. The van der Waals surface area contributed by atoms with E-state index in [1.165, 1.54) is 13.5 Å². The summed E-state index contributed by atoms with van der Waals surface area (Å²) in [5.74, 6) is 1.78. The summed E-state index contributed by atoms with van der Waals surface area (Å²) in [5.41, 5.74) is 0.588. The van der Waals surface area contributed by atoms with Gasteiger partial charge in [0.05, 0.1) is 7.11 Å². The normalized spacial score (nSPS) is 16.3. The van der Waals surface area contributed by atoms with Crippen molar-refractivity contribution in [1.29, 1.82) is 0 Å². The molecule has 0 radical (unpaired) electrons. The van der Waals surface area contributed by atoms with Crippen LogP contribution in [0.2, 0.25) is 0 Å². The number of anilines is 2. The highest BCUT2D eigenvalue weighted by Gasteiger charge is 2.32. The average molecular weight is 511 g/mol. The van der Waals surface area contributed by atoms with Crippen LogP contribution in [0.25, 0.3) is 0 Å². The highest BCUT2D eigenvalue weighted by atomic mass is 32.2. The number of aliphatic hydroxyl groups excluding tert-OH is 1. The second-order valence-electron chi connectivity index (χ2n) is 8.75. The zero-order valence-corrected chi connectivity index (χ0v) is 21.8. The van der Waals surface area contributed by atoms with Gasteiger partial charge in [0.1, 0.15) is 29.0 Å². The van der Waals surface area contributed by atoms with Crippen LogP contribution >= 0.6 is 11.9 Å². The molecule has 2 atom stereocenters. The molecule has 10 heteroatoms. The number of carbonyl (C=O) groups is 1. The van der Waals surface area contributed by atoms with Crippen LogP contribution in [0.3, 0.4) is 0 Å². The number of hydrogen-bond acceptors (Lipinski definition) is 7. The van der Waals surface area contributed by atoms with E-state index in [9.17, 15) is 13.6 Å². The maximum Gasteiger partial charge on any atom is 0.251 e. The first-order chi connectivity index (χ1) is 16.6. The number of aliphatic hydroxyl groups is 1. The summed E-state index contributed by atoms with van der Waals surface area (Å²) in [4.78, 5) is 17.1. The second-order valence-corrected chi connectivity index (χ2v) is 10.4. The number of hydrogen-bond donors (Lipinski definition) is 3. The highest BCUT2D eigenvalue weighted by molar-refractivity contribution is 8.01. The van der Waals surface area contributed by atoms with E-state index in [0.717, 1.165) is 42.3 Å². The Balaban J connectivity index is 0.000000360. The van der Waals surface area contributed by atoms with Gasteiger partial charge in [0.15, 0.2) is 0 Å². The third-order valence-corrected chi connectivity index (χ3v) is 6.20. The minimum atomic E-state index is -0.628. The number of rotatable bonds is 11. The van der Waals surface area contributed by atoms with Gasteiger partial charge >= 0.3 is 0 Å². The van der Waals surface area contributed by atoms with Crippen LogP contribution in [0.5, 0.6) is 5.75 Å². The van der Waals surface area contributed by atoms with Crippen molar-refractivity contribution in [2.24, 2.45) is 11.8 Å². The van der Waals surface area contributed by atoms with Gasteiger partial charge in [0, 0.05) is 55.8 Å². The molecule has 35 heavy (non-hydrogen) atoms. The number of nitrogens with zero attached hydrogens (tertiary/aromatic N) is 2. The number of halogens is 2. The molecule has 194 valence electrons. The molecule has 3 N–H and O–H groups in total. The Morgan fingerprint density at radius 2 is 1.91 bits per heavy atom. The number of aromatic nitrogens is 1. The summed E-state index contributed by atoms with van der Waals surface area (Å²) in [6, 6.07) is 6.64. The summed E-state index contributed by atoms with van der Waals surface area (Å²) in [6.45, 7) is 7.93. The predicted molar refractivity (Wildman–Crippen MR) is 138 cm³/mol. The van der Waals surface area contributed by atoms with Crippen LogP contribution in [-0.2, 0) is 0 Å². The van der Waals surface area contributed by atoms with E-state index in [1.807, 2.05) is 17.4 Å². The van der Waals surface area contributed by atoms with Crippen LogP contribution in [0.1, 0.15) is 44.0 Å². The molecule has 2 aromatic rings. The second kappa shape index (κ2) is 14.1. The predicted octanol–water partition coefficient (Wildman–Crippen LogP) is 4.73. The van der Waals surface area contributed by atoms with Gasteiger partial charge in [-0.3, -0.25) is 4.79 Å². The smallest absolute Gasteiger partial charge is 0.251 e. The first kappa shape index (κ1) is 28.6. The lowest BCUT2D eigenvalue weighted by atomic mass is 10.2. The molecule has 1 aliphatic carbocycles. The van der Waals surface area contributed by atoms with Crippen molar-refractivity contribution in [2.75, 3.05) is 43.5 Å².